The number of rotatable bonds is 7. The number of carbonyl (C=O) groups is 1. The van der Waals surface area contributed by atoms with E-state index in [0.717, 1.165) is 25.9 Å². The van der Waals surface area contributed by atoms with Gasteiger partial charge in [0.2, 0.25) is 5.91 Å². The first kappa shape index (κ1) is 15.7. The first-order valence-corrected chi connectivity index (χ1v) is 8.04. The highest BCUT2D eigenvalue weighted by molar-refractivity contribution is 5.90. The standard InChI is InChI=1S/C16H21N5O2/c1-2-3-8-16(19-20-16)9-7-14(22)18-13-11-17-21(12-13)15-6-4-5-10-23-15/h1,11-12,15H,3-10H2,(H,18,22). The van der Waals surface area contributed by atoms with E-state index >= 15 is 0 Å². The van der Waals surface area contributed by atoms with Gasteiger partial charge in [0.15, 0.2) is 5.66 Å². The molecule has 0 radical (unpaired) electrons. The summed E-state index contributed by atoms with van der Waals surface area (Å²) in [6, 6.07) is 0. The van der Waals surface area contributed by atoms with Gasteiger partial charge in [0, 0.05) is 32.3 Å². The Morgan fingerprint density at radius 3 is 3.04 bits per heavy atom. The number of aromatic nitrogens is 2. The van der Waals surface area contributed by atoms with Gasteiger partial charge in [-0.25, -0.2) is 4.68 Å². The lowest BCUT2D eigenvalue weighted by atomic mass is 10.0. The largest absolute Gasteiger partial charge is 0.357 e. The maximum Gasteiger partial charge on any atom is 0.224 e. The van der Waals surface area contributed by atoms with Gasteiger partial charge in [-0.15, -0.1) is 12.3 Å². The Hall–Kier alpha value is -2.20. The molecule has 7 nitrogen and oxygen atoms in total. The molecule has 23 heavy (non-hydrogen) atoms. The Bertz CT molecular complexity index is 619. The van der Waals surface area contributed by atoms with E-state index in [4.69, 9.17) is 11.2 Å². The fourth-order valence-electron chi connectivity index (χ4n) is 2.70. The normalized spacial score (nSPS) is 21.6. The summed E-state index contributed by atoms with van der Waals surface area (Å²) in [6.07, 6.45) is 14.2. The third kappa shape index (κ3) is 4.17. The topological polar surface area (TPSA) is 80.9 Å². The number of carbonyl (C=O) groups excluding carboxylic acids is 1. The maximum absolute atomic E-state index is 12.0. The molecule has 3 rings (SSSR count). The number of hydrogen-bond donors (Lipinski definition) is 1. The van der Waals surface area contributed by atoms with Gasteiger partial charge >= 0.3 is 0 Å². The van der Waals surface area contributed by atoms with Crippen LogP contribution in [0.3, 0.4) is 0 Å². The molecule has 0 bridgehead atoms. The van der Waals surface area contributed by atoms with Crippen molar-refractivity contribution >= 4 is 11.6 Å². The van der Waals surface area contributed by atoms with Crippen molar-refractivity contribution in [1.29, 1.82) is 0 Å². The molecule has 1 atom stereocenters. The zero-order chi connectivity index (χ0) is 16.1. The van der Waals surface area contributed by atoms with Gasteiger partial charge in [0.05, 0.1) is 18.1 Å². The molecule has 0 spiro atoms. The highest BCUT2D eigenvalue weighted by Crippen LogP contribution is 2.37. The molecule has 3 heterocycles. The lowest BCUT2D eigenvalue weighted by Gasteiger charge is -2.22. The summed E-state index contributed by atoms with van der Waals surface area (Å²) in [4.78, 5) is 12.0. The van der Waals surface area contributed by atoms with E-state index in [2.05, 4.69) is 26.6 Å². The Labute approximate surface area is 135 Å². The molecule has 7 heteroatoms. The summed E-state index contributed by atoms with van der Waals surface area (Å²) >= 11 is 0. The number of amides is 1. The Morgan fingerprint density at radius 1 is 1.48 bits per heavy atom. The van der Waals surface area contributed by atoms with Crippen LogP contribution in [0.2, 0.25) is 0 Å². The van der Waals surface area contributed by atoms with Gasteiger partial charge in [-0.1, -0.05) is 0 Å². The molecule has 1 aromatic rings. The van der Waals surface area contributed by atoms with Gasteiger partial charge in [0.1, 0.15) is 6.23 Å². The van der Waals surface area contributed by atoms with Crippen molar-refractivity contribution in [3.05, 3.63) is 12.4 Å². The van der Waals surface area contributed by atoms with Crippen LogP contribution in [-0.4, -0.2) is 28.0 Å². The molecule has 1 fully saturated rings. The van der Waals surface area contributed by atoms with Crippen LogP contribution in [0.15, 0.2) is 22.6 Å². The number of terminal acetylenes is 1. The van der Waals surface area contributed by atoms with Crippen LogP contribution in [0.4, 0.5) is 5.69 Å². The molecule has 1 aromatic heterocycles. The predicted molar refractivity (Wildman–Crippen MR) is 84.6 cm³/mol. The van der Waals surface area contributed by atoms with Crippen LogP contribution in [0.25, 0.3) is 0 Å². The Balaban J connectivity index is 1.45. The monoisotopic (exact) mass is 315 g/mol. The molecule has 0 aromatic carbocycles. The van der Waals surface area contributed by atoms with Crippen LogP contribution in [-0.2, 0) is 9.53 Å². The fourth-order valence-corrected chi connectivity index (χ4v) is 2.70. The summed E-state index contributed by atoms with van der Waals surface area (Å²) in [5, 5.41) is 15.2. The van der Waals surface area contributed by atoms with E-state index in [9.17, 15) is 4.79 Å². The number of anilines is 1. The van der Waals surface area contributed by atoms with Crippen LogP contribution < -0.4 is 5.32 Å². The number of ether oxygens (including phenoxy) is 1. The number of nitrogens with one attached hydrogen (secondary N) is 1. The zero-order valence-corrected chi connectivity index (χ0v) is 13.1. The minimum Gasteiger partial charge on any atom is -0.357 e. The van der Waals surface area contributed by atoms with Gasteiger partial charge < -0.3 is 10.1 Å². The molecule has 1 unspecified atom stereocenters. The quantitative estimate of drug-likeness (QED) is 0.786. The maximum atomic E-state index is 12.0. The second-order valence-electron chi connectivity index (χ2n) is 5.97. The average molecular weight is 315 g/mol. The van der Waals surface area contributed by atoms with Crippen LogP contribution in [0.5, 0.6) is 0 Å². The van der Waals surface area contributed by atoms with Crippen LogP contribution in [0.1, 0.15) is 51.2 Å². The number of nitrogens with zero attached hydrogens (tertiary/aromatic N) is 4. The molecular formula is C16H21N5O2. The summed E-state index contributed by atoms with van der Waals surface area (Å²) in [5.74, 6) is 2.52. The number of hydrogen-bond acceptors (Lipinski definition) is 5. The van der Waals surface area contributed by atoms with Gasteiger partial charge in [-0.2, -0.15) is 15.3 Å². The van der Waals surface area contributed by atoms with Crippen molar-refractivity contribution in [3.8, 4) is 12.3 Å². The SMILES string of the molecule is C#CCCC1(CCC(=O)Nc2cnn(C3CCCCO3)c2)N=N1. The third-order valence-corrected chi connectivity index (χ3v) is 4.14. The minimum atomic E-state index is -0.413. The summed E-state index contributed by atoms with van der Waals surface area (Å²) in [6.45, 7) is 0.763. The molecule has 122 valence electrons. The lowest BCUT2D eigenvalue weighted by Crippen LogP contribution is -2.19. The average Bonchev–Trinajstić information content (AvgIpc) is 3.21. The fraction of sp³-hybridized carbons (Fsp3) is 0.625. The Kier molecular flexibility index (Phi) is 4.72. The zero-order valence-electron chi connectivity index (χ0n) is 13.1. The first-order chi connectivity index (χ1) is 11.2. The van der Waals surface area contributed by atoms with E-state index in [1.54, 1.807) is 10.9 Å². The summed E-state index contributed by atoms with van der Waals surface area (Å²) in [7, 11) is 0. The smallest absolute Gasteiger partial charge is 0.224 e. The van der Waals surface area contributed by atoms with E-state index in [1.807, 2.05) is 6.20 Å². The van der Waals surface area contributed by atoms with Crippen molar-refractivity contribution in [1.82, 2.24) is 9.78 Å². The minimum absolute atomic E-state index is 0.0227. The summed E-state index contributed by atoms with van der Waals surface area (Å²) in [5.41, 5.74) is 0.274. The van der Waals surface area contributed by atoms with Gasteiger partial charge in [-0.05, 0) is 19.3 Å². The van der Waals surface area contributed by atoms with Crippen LogP contribution in [0, 0.1) is 12.3 Å². The first-order valence-electron chi connectivity index (χ1n) is 8.04. The molecule has 2 aliphatic rings. The van der Waals surface area contributed by atoms with E-state index < -0.39 is 5.66 Å². The highest BCUT2D eigenvalue weighted by atomic mass is 16.5. The van der Waals surface area contributed by atoms with E-state index in [-0.39, 0.29) is 12.1 Å². The van der Waals surface area contributed by atoms with Crippen molar-refractivity contribution in [2.45, 2.75) is 56.8 Å². The van der Waals surface area contributed by atoms with E-state index in [1.165, 1.54) is 0 Å². The second-order valence-corrected chi connectivity index (χ2v) is 5.97. The molecule has 1 N–H and O–H groups in total. The second kappa shape index (κ2) is 6.92. The summed E-state index contributed by atoms with van der Waals surface area (Å²) < 4.78 is 7.44. The van der Waals surface area contributed by atoms with E-state index in [0.29, 0.717) is 31.4 Å². The lowest BCUT2D eigenvalue weighted by molar-refractivity contribution is -0.116. The van der Waals surface area contributed by atoms with Crippen molar-refractivity contribution in [2.75, 3.05) is 11.9 Å². The molecule has 1 amide bonds. The van der Waals surface area contributed by atoms with Crippen molar-refractivity contribution in [3.63, 3.8) is 0 Å². The molecule has 0 saturated carbocycles. The van der Waals surface area contributed by atoms with Gasteiger partial charge in [0.25, 0.3) is 0 Å². The Morgan fingerprint density at radius 2 is 2.35 bits per heavy atom. The molecule has 1 saturated heterocycles. The molecule has 2 aliphatic heterocycles. The third-order valence-electron chi connectivity index (χ3n) is 4.14. The highest BCUT2D eigenvalue weighted by Gasteiger charge is 2.39. The predicted octanol–water partition coefficient (Wildman–Crippen LogP) is 2.88. The molecule has 0 aliphatic carbocycles. The van der Waals surface area contributed by atoms with Crippen LogP contribution >= 0.6 is 0 Å². The van der Waals surface area contributed by atoms with Crippen molar-refractivity contribution < 1.29 is 9.53 Å². The van der Waals surface area contributed by atoms with Crippen molar-refractivity contribution in [2.24, 2.45) is 10.2 Å². The molecular weight excluding hydrogens is 294 g/mol. The van der Waals surface area contributed by atoms with Gasteiger partial charge in [-0.3, -0.25) is 4.79 Å².